The smallest absolute Gasteiger partial charge is 0.119 e. The van der Waals surface area contributed by atoms with Gasteiger partial charge < -0.3 is 9.30 Å². The summed E-state index contributed by atoms with van der Waals surface area (Å²) in [5, 5.41) is 0. The number of rotatable bonds is 3. The van der Waals surface area contributed by atoms with Crippen molar-refractivity contribution < 1.29 is 4.74 Å². The van der Waals surface area contributed by atoms with E-state index in [0.717, 1.165) is 24.5 Å². The van der Waals surface area contributed by atoms with E-state index in [0.29, 0.717) is 0 Å². The molecule has 2 aromatic rings. The highest BCUT2D eigenvalue weighted by Gasteiger charge is 2.17. The topological polar surface area (TPSA) is 27.1 Å². The van der Waals surface area contributed by atoms with Crippen LogP contribution in [0, 0.1) is 6.92 Å². The van der Waals surface area contributed by atoms with Gasteiger partial charge in [-0.25, -0.2) is 4.98 Å². The third-order valence-corrected chi connectivity index (χ3v) is 3.90. The van der Waals surface area contributed by atoms with Crippen molar-refractivity contribution in [3.05, 3.63) is 47.0 Å². The molecule has 3 rings (SSSR count). The number of nitrogens with zero attached hydrogens (tertiary/aromatic N) is 2. The van der Waals surface area contributed by atoms with Crippen molar-refractivity contribution in [1.29, 1.82) is 0 Å². The first-order chi connectivity index (χ1) is 9.28. The van der Waals surface area contributed by atoms with Gasteiger partial charge in [-0.05, 0) is 50.3 Å². The predicted octanol–water partition coefficient (Wildman–Crippen LogP) is 3.13. The van der Waals surface area contributed by atoms with E-state index in [1.807, 2.05) is 12.1 Å². The average molecular weight is 256 g/mol. The molecule has 1 aliphatic rings. The molecule has 1 aromatic carbocycles. The summed E-state index contributed by atoms with van der Waals surface area (Å²) in [6, 6.07) is 8.29. The third kappa shape index (κ3) is 2.37. The summed E-state index contributed by atoms with van der Waals surface area (Å²) >= 11 is 0. The van der Waals surface area contributed by atoms with Crippen molar-refractivity contribution in [3.63, 3.8) is 0 Å². The molecule has 0 unspecified atom stereocenters. The molecule has 0 bridgehead atoms. The van der Waals surface area contributed by atoms with Gasteiger partial charge in [0.1, 0.15) is 11.6 Å². The van der Waals surface area contributed by atoms with E-state index in [1.54, 1.807) is 7.11 Å². The molecular formula is C16H20N2O. The lowest BCUT2D eigenvalue weighted by atomic mass is 10.0. The molecule has 0 radical (unpaired) electrons. The fourth-order valence-electron chi connectivity index (χ4n) is 2.90. The minimum atomic E-state index is 0.894. The molecule has 0 spiro atoms. The zero-order valence-electron chi connectivity index (χ0n) is 11.6. The van der Waals surface area contributed by atoms with Crippen molar-refractivity contribution >= 4 is 0 Å². The molecule has 0 aliphatic heterocycles. The molecule has 1 aliphatic carbocycles. The van der Waals surface area contributed by atoms with Gasteiger partial charge in [-0.1, -0.05) is 12.1 Å². The van der Waals surface area contributed by atoms with Crippen LogP contribution in [0.3, 0.4) is 0 Å². The van der Waals surface area contributed by atoms with Gasteiger partial charge in [-0.3, -0.25) is 0 Å². The van der Waals surface area contributed by atoms with E-state index in [4.69, 9.17) is 9.72 Å². The molecule has 0 amide bonds. The number of aromatic nitrogens is 2. The van der Waals surface area contributed by atoms with E-state index in [1.165, 1.54) is 36.2 Å². The van der Waals surface area contributed by atoms with E-state index >= 15 is 0 Å². The van der Waals surface area contributed by atoms with Gasteiger partial charge in [0.2, 0.25) is 0 Å². The molecule has 1 aromatic heterocycles. The van der Waals surface area contributed by atoms with E-state index < -0.39 is 0 Å². The Balaban J connectivity index is 1.92. The van der Waals surface area contributed by atoms with Crippen LogP contribution >= 0.6 is 0 Å². The van der Waals surface area contributed by atoms with Crippen LogP contribution in [0.5, 0.6) is 5.75 Å². The van der Waals surface area contributed by atoms with Crippen LogP contribution in [0.15, 0.2) is 24.3 Å². The Bertz CT molecular complexity index is 586. The highest BCUT2D eigenvalue weighted by Crippen LogP contribution is 2.23. The Morgan fingerprint density at radius 3 is 2.95 bits per heavy atom. The predicted molar refractivity (Wildman–Crippen MR) is 75.7 cm³/mol. The monoisotopic (exact) mass is 256 g/mol. The van der Waals surface area contributed by atoms with Crippen molar-refractivity contribution in [2.45, 2.75) is 39.2 Å². The molecule has 0 atom stereocenters. The maximum Gasteiger partial charge on any atom is 0.119 e. The minimum Gasteiger partial charge on any atom is -0.497 e. The van der Waals surface area contributed by atoms with E-state index in [9.17, 15) is 0 Å². The Morgan fingerprint density at radius 2 is 2.11 bits per heavy atom. The van der Waals surface area contributed by atoms with Gasteiger partial charge in [0.05, 0.1) is 12.8 Å². The van der Waals surface area contributed by atoms with Gasteiger partial charge in [-0.2, -0.15) is 0 Å². The second-order valence-electron chi connectivity index (χ2n) is 5.20. The summed E-state index contributed by atoms with van der Waals surface area (Å²) in [6.07, 6.45) is 4.88. The summed E-state index contributed by atoms with van der Waals surface area (Å²) in [7, 11) is 1.71. The lowest BCUT2D eigenvalue weighted by molar-refractivity contribution is 0.414. The molecular weight excluding hydrogens is 236 g/mol. The van der Waals surface area contributed by atoms with E-state index in [2.05, 4.69) is 23.6 Å². The molecule has 3 heteroatoms. The van der Waals surface area contributed by atoms with Crippen molar-refractivity contribution in [1.82, 2.24) is 9.55 Å². The Hall–Kier alpha value is -1.77. The van der Waals surface area contributed by atoms with Gasteiger partial charge in [0.15, 0.2) is 0 Å². The third-order valence-electron chi connectivity index (χ3n) is 3.90. The van der Waals surface area contributed by atoms with Crippen molar-refractivity contribution in [2.24, 2.45) is 0 Å². The van der Waals surface area contributed by atoms with Gasteiger partial charge in [-0.15, -0.1) is 0 Å². The van der Waals surface area contributed by atoms with Crippen LogP contribution in [0.1, 0.15) is 35.6 Å². The molecule has 19 heavy (non-hydrogen) atoms. The number of methoxy groups -OCH3 is 1. The molecule has 3 nitrogen and oxygen atoms in total. The second kappa shape index (κ2) is 5.08. The Labute approximate surface area is 114 Å². The molecule has 0 saturated heterocycles. The van der Waals surface area contributed by atoms with E-state index in [-0.39, 0.29) is 0 Å². The van der Waals surface area contributed by atoms with Crippen LogP contribution in [0.4, 0.5) is 0 Å². The van der Waals surface area contributed by atoms with Crippen molar-refractivity contribution in [3.8, 4) is 5.75 Å². The van der Waals surface area contributed by atoms with Crippen LogP contribution in [-0.2, 0) is 19.4 Å². The number of hydrogen-bond acceptors (Lipinski definition) is 2. The summed E-state index contributed by atoms with van der Waals surface area (Å²) in [5.41, 5.74) is 4.02. The summed E-state index contributed by atoms with van der Waals surface area (Å²) in [6.45, 7) is 3.00. The molecule has 100 valence electrons. The minimum absolute atomic E-state index is 0.894. The summed E-state index contributed by atoms with van der Waals surface area (Å²) in [5.74, 6) is 2.05. The first-order valence-corrected chi connectivity index (χ1v) is 6.96. The van der Waals surface area contributed by atoms with Crippen LogP contribution in [-0.4, -0.2) is 16.7 Å². The standard InChI is InChI=1S/C16H20N2O/c1-12-17-15-8-3-4-9-16(15)18(12)11-13-6-5-7-14(10-13)19-2/h5-7,10H,3-4,8-9,11H2,1-2H3. The Morgan fingerprint density at radius 1 is 1.26 bits per heavy atom. The fourth-order valence-corrected chi connectivity index (χ4v) is 2.90. The first-order valence-electron chi connectivity index (χ1n) is 6.96. The average Bonchev–Trinajstić information content (AvgIpc) is 2.76. The number of ether oxygens (including phenoxy) is 1. The molecule has 1 heterocycles. The largest absolute Gasteiger partial charge is 0.497 e. The zero-order valence-corrected chi connectivity index (χ0v) is 11.6. The highest BCUT2D eigenvalue weighted by molar-refractivity contribution is 5.30. The second-order valence-corrected chi connectivity index (χ2v) is 5.20. The summed E-state index contributed by atoms with van der Waals surface area (Å²) < 4.78 is 7.66. The van der Waals surface area contributed by atoms with Crippen LogP contribution < -0.4 is 4.74 Å². The van der Waals surface area contributed by atoms with Gasteiger partial charge in [0.25, 0.3) is 0 Å². The lowest BCUT2D eigenvalue weighted by Crippen LogP contribution is -2.10. The van der Waals surface area contributed by atoms with Gasteiger partial charge in [0, 0.05) is 12.2 Å². The van der Waals surface area contributed by atoms with Gasteiger partial charge >= 0.3 is 0 Å². The van der Waals surface area contributed by atoms with Crippen molar-refractivity contribution in [2.75, 3.05) is 7.11 Å². The van der Waals surface area contributed by atoms with Crippen LogP contribution in [0.25, 0.3) is 0 Å². The normalized spacial score (nSPS) is 14.2. The first kappa shape index (κ1) is 12.3. The molecule has 0 fully saturated rings. The number of hydrogen-bond donors (Lipinski definition) is 0. The zero-order chi connectivity index (χ0) is 13.2. The quantitative estimate of drug-likeness (QED) is 0.843. The maximum absolute atomic E-state index is 5.29. The molecule has 0 saturated carbocycles. The lowest BCUT2D eigenvalue weighted by Gasteiger charge is -2.15. The number of benzene rings is 1. The number of imidazole rings is 1. The highest BCUT2D eigenvalue weighted by atomic mass is 16.5. The fraction of sp³-hybridized carbons (Fsp3) is 0.438. The molecule has 0 N–H and O–H groups in total. The summed E-state index contributed by atoms with van der Waals surface area (Å²) in [4.78, 5) is 4.72. The Kier molecular flexibility index (Phi) is 3.28. The maximum atomic E-state index is 5.29. The number of aryl methyl sites for hydroxylation is 2. The number of fused-ring (bicyclic) bond motifs is 1. The van der Waals surface area contributed by atoms with Crippen LogP contribution in [0.2, 0.25) is 0 Å². The SMILES string of the molecule is COc1cccc(Cn2c(C)nc3c2CCCC3)c1.